The van der Waals surface area contributed by atoms with Crippen LogP contribution in [0.15, 0.2) is 42.5 Å². The molecule has 150 valence electrons. The smallest absolute Gasteiger partial charge is 0.416 e. The molecule has 0 unspecified atom stereocenters. The van der Waals surface area contributed by atoms with Crippen LogP contribution in [0.2, 0.25) is 5.02 Å². The number of hydrogen-bond donors (Lipinski definition) is 1. The Hall–Kier alpha value is -2.41. The lowest BCUT2D eigenvalue weighted by Crippen LogP contribution is -2.30. The number of aromatic carboxylic acids is 1. The van der Waals surface area contributed by atoms with Gasteiger partial charge in [-0.25, -0.2) is 4.79 Å². The van der Waals surface area contributed by atoms with Crippen molar-refractivity contribution in [3.63, 3.8) is 0 Å². The molecule has 1 aromatic heterocycles. The lowest BCUT2D eigenvalue weighted by molar-refractivity contribution is -0.138. The highest BCUT2D eigenvalue weighted by molar-refractivity contribution is 6.38. The number of benzene rings is 2. The second-order valence-corrected chi connectivity index (χ2v) is 7.93. The van der Waals surface area contributed by atoms with Gasteiger partial charge in [0.25, 0.3) is 0 Å². The van der Waals surface area contributed by atoms with Gasteiger partial charge in [-0.05, 0) is 42.0 Å². The van der Waals surface area contributed by atoms with E-state index in [2.05, 4.69) is 0 Å². The molecule has 0 aliphatic heterocycles. The summed E-state index contributed by atoms with van der Waals surface area (Å²) in [6.45, 7) is -0.0901. The van der Waals surface area contributed by atoms with E-state index in [0.717, 1.165) is 6.07 Å². The summed E-state index contributed by atoms with van der Waals surface area (Å²) in [5.74, 6) is -1.12. The fraction of sp³-hybridized carbons (Fsp3) is 0.211. The summed E-state index contributed by atoms with van der Waals surface area (Å²) in [7, 11) is 2.75. The Labute approximate surface area is 171 Å². The Morgan fingerprint density at radius 3 is 2.34 bits per heavy atom. The van der Waals surface area contributed by atoms with E-state index >= 15 is 0 Å². The molecule has 0 aliphatic rings. The Morgan fingerprint density at radius 1 is 1.07 bits per heavy atom. The highest BCUT2D eigenvalue weighted by Crippen LogP contribution is 2.35. The molecular formula is C19H16B2ClF4NO2. The average molecular weight is 423 g/mol. The normalized spacial score (nSPS) is 12.4. The molecule has 1 heterocycles. The first-order chi connectivity index (χ1) is 13.3. The third-order valence-electron chi connectivity index (χ3n) is 4.52. The molecule has 0 fully saturated rings. The first kappa shape index (κ1) is 21.3. The first-order valence-corrected chi connectivity index (χ1v) is 9.13. The van der Waals surface area contributed by atoms with Crippen molar-refractivity contribution in [1.82, 2.24) is 4.57 Å². The van der Waals surface area contributed by atoms with Crippen molar-refractivity contribution in [1.29, 1.82) is 0 Å². The first-order valence-electron chi connectivity index (χ1n) is 8.75. The number of alkyl halides is 4. The highest BCUT2D eigenvalue weighted by Gasteiger charge is 2.34. The zero-order chi connectivity index (χ0) is 21.6. The third kappa shape index (κ3) is 4.78. The predicted octanol–water partition coefficient (Wildman–Crippen LogP) is 3.49. The van der Waals surface area contributed by atoms with Crippen LogP contribution in [0.3, 0.4) is 0 Å². The van der Waals surface area contributed by atoms with Crippen LogP contribution >= 0.6 is 11.6 Å². The monoisotopic (exact) mass is 423 g/mol. The van der Waals surface area contributed by atoms with Gasteiger partial charge in [0, 0.05) is 34.6 Å². The maximum absolute atomic E-state index is 14.4. The zero-order valence-corrected chi connectivity index (χ0v) is 16.4. The molecule has 10 heteroatoms. The Bertz CT molecular complexity index is 1090. The largest absolute Gasteiger partial charge is 0.478 e. The minimum Gasteiger partial charge on any atom is -0.478 e. The van der Waals surface area contributed by atoms with E-state index in [1.165, 1.54) is 40.0 Å². The molecule has 0 amide bonds. The molecular weight excluding hydrogens is 407 g/mol. The van der Waals surface area contributed by atoms with Gasteiger partial charge in [-0.1, -0.05) is 17.7 Å². The average Bonchev–Trinajstić information content (AvgIpc) is 2.90. The summed E-state index contributed by atoms with van der Waals surface area (Å²) >= 11 is 5.75. The van der Waals surface area contributed by atoms with Gasteiger partial charge in [0.2, 0.25) is 0 Å². The zero-order valence-electron chi connectivity index (χ0n) is 15.6. The van der Waals surface area contributed by atoms with Crippen LogP contribution in [0, 0.1) is 0 Å². The van der Waals surface area contributed by atoms with Gasteiger partial charge in [0.05, 0.1) is 16.6 Å². The van der Waals surface area contributed by atoms with E-state index < -0.39 is 23.2 Å². The molecule has 0 saturated carbocycles. The lowest BCUT2D eigenvalue weighted by Gasteiger charge is -2.20. The number of fused-ring (bicyclic) bond motifs is 1. The minimum absolute atomic E-state index is 0.000999. The quantitative estimate of drug-likeness (QED) is 0.504. The van der Waals surface area contributed by atoms with E-state index in [9.17, 15) is 27.5 Å². The van der Waals surface area contributed by atoms with Gasteiger partial charge < -0.3 is 9.67 Å². The summed E-state index contributed by atoms with van der Waals surface area (Å²) in [4.78, 5) is 11.2. The van der Waals surface area contributed by atoms with E-state index in [-0.39, 0.29) is 29.1 Å². The van der Waals surface area contributed by atoms with Crippen molar-refractivity contribution in [2.45, 2.75) is 24.6 Å². The molecule has 3 aromatic rings. The highest BCUT2D eigenvalue weighted by atomic mass is 35.5. The fourth-order valence-electron chi connectivity index (χ4n) is 3.33. The minimum atomic E-state index is -4.59. The van der Waals surface area contributed by atoms with Gasteiger partial charge in [-0.15, -0.1) is 0 Å². The van der Waals surface area contributed by atoms with Crippen LogP contribution in [-0.2, 0) is 19.1 Å². The number of carbonyl (C=O) groups is 1. The number of hydrogen-bond acceptors (Lipinski definition) is 1. The van der Waals surface area contributed by atoms with Crippen LogP contribution in [-0.4, -0.2) is 36.8 Å². The Balaban J connectivity index is 2.16. The molecule has 3 nitrogen and oxygen atoms in total. The topological polar surface area (TPSA) is 42.2 Å². The number of carboxylic acids is 1. The molecule has 2 aromatic carbocycles. The summed E-state index contributed by atoms with van der Waals surface area (Å²) in [5.41, 5.74) is -1.44. The van der Waals surface area contributed by atoms with Crippen molar-refractivity contribution in [2.24, 2.45) is 0 Å². The molecule has 1 N–H and O–H groups in total. The number of halogens is 5. The SMILES string of the molecule is BC(B)(F)Cn1c(Cc2ccc(Cl)cc2C(F)(F)F)cc2cc(C(=O)O)ccc21. The molecule has 29 heavy (non-hydrogen) atoms. The van der Waals surface area contributed by atoms with Gasteiger partial charge in [0.15, 0.2) is 0 Å². The van der Waals surface area contributed by atoms with E-state index in [1.807, 2.05) is 0 Å². The molecule has 0 bridgehead atoms. The van der Waals surface area contributed by atoms with Crippen LogP contribution in [0.5, 0.6) is 0 Å². The number of aromatic nitrogens is 1. The van der Waals surface area contributed by atoms with Crippen molar-refractivity contribution >= 4 is 44.2 Å². The molecule has 0 spiro atoms. The Morgan fingerprint density at radius 2 is 1.76 bits per heavy atom. The maximum atomic E-state index is 14.4. The van der Waals surface area contributed by atoms with Crippen LogP contribution < -0.4 is 0 Å². The van der Waals surface area contributed by atoms with Crippen LogP contribution in [0.4, 0.5) is 17.6 Å². The van der Waals surface area contributed by atoms with Crippen LogP contribution in [0.1, 0.15) is 27.2 Å². The third-order valence-corrected chi connectivity index (χ3v) is 4.75. The van der Waals surface area contributed by atoms with Gasteiger partial charge in [-0.2, -0.15) is 13.2 Å². The predicted molar refractivity (Wildman–Crippen MR) is 109 cm³/mol. The van der Waals surface area contributed by atoms with Gasteiger partial charge >= 0.3 is 12.1 Å². The standard InChI is InChI=1S/C19H16B2ClF4NO2/c20-18(21,23)9-27-14(7-12-5-11(17(28)29)2-4-16(12)27)6-10-1-3-13(22)8-15(10)19(24,25)26/h1-5,7-8H,6,9,20-21H2,(H,28,29). The number of nitrogens with zero attached hydrogens (tertiary/aromatic N) is 1. The summed E-state index contributed by atoms with van der Waals surface area (Å²) in [6, 6.07) is 9.50. The lowest BCUT2D eigenvalue weighted by atomic mass is 9.67. The molecule has 0 atom stereocenters. The number of carboxylic acid groups (broad SMARTS) is 1. The number of rotatable bonds is 5. The second kappa shape index (κ2) is 7.44. The van der Waals surface area contributed by atoms with Crippen molar-refractivity contribution in [3.8, 4) is 0 Å². The van der Waals surface area contributed by atoms with E-state index in [0.29, 0.717) is 16.6 Å². The van der Waals surface area contributed by atoms with Gasteiger partial charge in [0.1, 0.15) is 15.7 Å². The summed E-state index contributed by atoms with van der Waals surface area (Å²) in [5, 5.41) is 9.68. The van der Waals surface area contributed by atoms with Crippen molar-refractivity contribution in [3.05, 3.63) is 69.9 Å². The van der Waals surface area contributed by atoms with E-state index in [4.69, 9.17) is 11.6 Å². The molecule has 0 aliphatic carbocycles. The van der Waals surface area contributed by atoms with Gasteiger partial charge in [-0.3, -0.25) is 4.39 Å². The summed E-state index contributed by atoms with van der Waals surface area (Å²) in [6.07, 6.45) is -4.70. The fourth-order valence-corrected chi connectivity index (χ4v) is 3.50. The van der Waals surface area contributed by atoms with Crippen molar-refractivity contribution in [2.75, 3.05) is 0 Å². The summed E-state index contributed by atoms with van der Waals surface area (Å²) < 4.78 is 56.4. The molecule has 0 saturated heterocycles. The van der Waals surface area contributed by atoms with Crippen LogP contribution in [0.25, 0.3) is 10.9 Å². The molecule has 0 radical (unpaired) electrons. The van der Waals surface area contributed by atoms with E-state index in [1.54, 1.807) is 16.7 Å². The van der Waals surface area contributed by atoms with Crippen molar-refractivity contribution < 1.29 is 27.5 Å². The molecule has 3 rings (SSSR count). The Kier molecular flexibility index (Phi) is 5.47. The maximum Gasteiger partial charge on any atom is 0.416 e. The second-order valence-electron chi connectivity index (χ2n) is 7.50.